The number of likely N-dealkylation sites (tertiary alicyclic amines) is 1. The van der Waals surface area contributed by atoms with E-state index in [0.29, 0.717) is 35.2 Å². The van der Waals surface area contributed by atoms with Gasteiger partial charge in [-0.25, -0.2) is 13.4 Å². The molecule has 3 aromatic rings. The number of carbonyl (C=O) groups excluding carboxylic acids is 1. The fraction of sp³-hybridized carbons (Fsp3) is 0.273. The summed E-state index contributed by atoms with van der Waals surface area (Å²) in [6.45, 7) is 1.35. The highest BCUT2D eigenvalue weighted by Crippen LogP contribution is 2.24. The molecule has 1 aromatic heterocycles. The zero-order chi connectivity index (χ0) is 20.3. The topological polar surface area (TPSA) is 72.3 Å². The van der Waals surface area contributed by atoms with Gasteiger partial charge >= 0.3 is 0 Å². The number of imidazole rings is 1. The first-order valence-electron chi connectivity index (χ1n) is 9.66. The van der Waals surface area contributed by atoms with E-state index in [0.717, 1.165) is 12.8 Å². The third-order valence-corrected chi connectivity index (χ3v) is 7.03. The maximum Gasteiger partial charge on any atom is 0.253 e. The number of benzene rings is 2. The highest BCUT2D eigenvalue weighted by atomic mass is 32.2. The Morgan fingerprint density at radius 3 is 2.48 bits per heavy atom. The van der Waals surface area contributed by atoms with Gasteiger partial charge in [-0.15, -0.1) is 0 Å². The van der Waals surface area contributed by atoms with E-state index < -0.39 is 9.84 Å². The predicted molar refractivity (Wildman–Crippen MR) is 110 cm³/mol. The molecule has 2 heterocycles. The summed E-state index contributed by atoms with van der Waals surface area (Å²) in [5.74, 6) is -0.172. The molecule has 4 rings (SSSR count). The van der Waals surface area contributed by atoms with Crippen LogP contribution in [0.1, 0.15) is 34.8 Å². The number of hydrogen-bond acceptors (Lipinski definition) is 4. The standard InChI is InChI=1S/C22H23N3O3S/c26-22(24-12-9-20(10-13-24)25-14-11-23-17-25)19-6-4-5-18(15-19)16-29(27,28)21-7-2-1-3-8-21/h1-8,11,14-15,17,20H,9-10,12-13,16H2. The lowest BCUT2D eigenvalue weighted by Gasteiger charge is -2.32. The minimum absolute atomic E-state index is 0.0481. The van der Waals surface area contributed by atoms with Crippen molar-refractivity contribution in [2.45, 2.75) is 29.5 Å². The third-order valence-electron chi connectivity index (χ3n) is 5.33. The first-order chi connectivity index (χ1) is 14.0. The number of nitrogens with zero attached hydrogens (tertiary/aromatic N) is 3. The zero-order valence-electron chi connectivity index (χ0n) is 16.0. The summed E-state index contributed by atoms with van der Waals surface area (Å²) in [4.78, 5) is 19.2. The van der Waals surface area contributed by atoms with Crippen molar-refractivity contribution in [1.82, 2.24) is 14.5 Å². The molecule has 6 nitrogen and oxygen atoms in total. The summed E-state index contributed by atoms with van der Waals surface area (Å²) in [7, 11) is -3.45. The molecule has 0 radical (unpaired) electrons. The molecule has 2 aromatic carbocycles. The van der Waals surface area contributed by atoms with Crippen molar-refractivity contribution in [2.24, 2.45) is 0 Å². The Morgan fingerprint density at radius 2 is 1.79 bits per heavy atom. The van der Waals surface area contributed by atoms with E-state index in [1.807, 2.05) is 17.4 Å². The summed E-state index contributed by atoms with van der Waals surface area (Å²) < 4.78 is 27.4. The van der Waals surface area contributed by atoms with Crippen LogP contribution in [0.15, 0.2) is 78.2 Å². The van der Waals surface area contributed by atoms with E-state index in [4.69, 9.17) is 0 Å². The zero-order valence-corrected chi connectivity index (χ0v) is 16.8. The first kappa shape index (κ1) is 19.4. The van der Waals surface area contributed by atoms with Crippen LogP contribution in [-0.4, -0.2) is 41.9 Å². The largest absolute Gasteiger partial charge is 0.338 e. The van der Waals surface area contributed by atoms with Gasteiger partial charge in [0.05, 0.1) is 17.0 Å². The summed E-state index contributed by atoms with van der Waals surface area (Å²) in [6.07, 6.45) is 7.30. The summed E-state index contributed by atoms with van der Waals surface area (Å²) in [6, 6.07) is 15.7. The first-order valence-corrected chi connectivity index (χ1v) is 11.3. The molecular weight excluding hydrogens is 386 g/mol. The maximum absolute atomic E-state index is 12.9. The molecule has 7 heteroatoms. The van der Waals surface area contributed by atoms with Crippen molar-refractivity contribution in [3.05, 3.63) is 84.4 Å². The number of aromatic nitrogens is 2. The van der Waals surface area contributed by atoms with Gasteiger partial charge in [-0.05, 0) is 42.7 Å². The molecule has 0 aliphatic carbocycles. The monoisotopic (exact) mass is 409 g/mol. The Balaban J connectivity index is 1.44. The Labute approximate surface area is 170 Å². The highest BCUT2D eigenvalue weighted by Gasteiger charge is 2.25. The van der Waals surface area contributed by atoms with Gasteiger partial charge in [0, 0.05) is 37.1 Å². The van der Waals surface area contributed by atoms with Crippen molar-refractivity contribution < 1.29 is 13.2 Å². The van der Waals surface area contributed by atoms with Crippen molar-refractivity contribution in [2.75, 3.05) is 13.1 Å². The predicted octanol–water partition coefficient (Wildman–Crippen LogP) is 3.33. The number of carbonyl (C=O) groups is 1. The molecule has 0 bridgehead atoms. The van der Waals surface area contributed by atoms with E-state index in [1.165, 1.54) is 0 Å². The van der Waals surface area contributed by atoms with Crippen molar-refractivity contribution >= 4 is 15.7 Å². The van der Waals surface area contributed by atoms with Crippen LogP contribution in [0.5, 0.6) is 0 Å². The minimum atomic E-state index is -3.45. The van der Waals surface area contributed by atoms with Gasteiger partial charge in [0.1, 0.15) is 0 Å². The molecule has 0 saturated carbocycles. The second-order valence-electron chi connectivity index (χ2n) is 7.31. The van der Waals surface area contributed by atoms with Crippen molar-refractivity contribution in [3.8, 4) is 0 Å². The van der Waals surface area contributed by atoms with E-state index >= 15 is 0 Å². The lowest BCUT2D eigenvalue weighted by Crippen LogP contribution is -2.39. The van der Waals surface area contributed by atoms with Crippen LogP contribution in [0, 0.1) is 0 Å². The normalized spacial score (nSPS) is 15.4. The molecule has 1 aliphatic heterocycles. The van der Waals surface area contributed by atoms with Gasteiger partial charge in [-0.1, -0.05) is 30.3 Å². The minimum Gasteiger partial charge on any atom is -0.338 e. The van der Waals surface area contributed by atoms with E-state index in [-0.39, 0.29) is 11.7 Å². The molecule has 0 atom stereocenters. The number of hydrogen-bond donors (Lipinski definition) is 0. The second-order valence-corrected chi connectivity index (χ2v) is 9.30. The van der Waals surface area contributed by atoms with Crippen LogP contribution in [0.25, 0.3) is 0 Å². The van der Waals surface area contributed by atoms with Gasteiger partial charge < -0.3 is 9.47 Å². The van der Waals surface area contributed by atoms with E-state index in [1.54, 1.807) is 60.8 Å². The molecule has 29 heavy (non-hydrogen) atoms. The van der Waals surface area contributed by atoms with Gasteiger partial charge in [-0.3, -0.25) is 4.79 Å². The van der Waals surface area contributed by atoms with Crippen LogP contribution in [0.2, 0.25) is 0 Å². The Bertz CT molecular complexity index is 1070. The summed E-state index contributed by atoms with van der Waals surface area (Å²) >= 11 is 0. The molecule has 1 aliphatic rings. The molecule has 1 fully saturated rings. The Hall–Kier alpha value is -2.93. The molecule has 0 unspecified atom stereocenters. The highest BCUT2D eigenvalue weighted by molar-refractivity contribution is 7.90. The van der Waals surface area contributed by atoms with Crippen LogP contribution in [0.3, 0.4) is 0 Å². The summed E-state index contributed by atoms with van der Waals surface area (Å²) in [5.41, 5.74) is 1.15. The fourth-order valence-electron chi connectivity index (χ4n) is 3.76. The average molecular weight is 410 g/mol. The van der Waals surface area contributed by atoms with Crippen LogP contribution in [0.4, 0.5) is 0 Å². The maximum atomic E-state index is 12.9. The lowest BCUT2D eigenvalue weighted by molar-refractivity contribution is 0.0694. The van der Waals surface area contributed by atoms with Crippen LogP contribution in [-0.2, 0) is 15.6 Å². The number of rotatable bonds is 5. The number of amides is 1. The lowest BCUT2D eigenvalue weighted by atomic mass is 10.0. The van der Waals surface area contributed by atoms with Gasteiger partial charge in [0.2, 0.25) is 0 Å². The van der Waals surface area contributed by atoms with Crippen molar-refractivity contribution in [1.29, 1.82) is 0 Å². The number of sulfone groups is 1. The second kappa shape index (κ2) is 8.21. The SMILES string of the molecule is O=C(c1cccc(CS(=O)(=O)c2ccccc2)c1)N1CCC(n2ccnc2)CC1. The average Bonchev–Trinajstić information content (AvgIpc) is 3.29. The van der Waals surface area contributed by atoms with Gasteiger partial charge in [0.25, 0.3) is 5.91 Å². The molecule has 1 amide bonds. The Morgan fingerprint density at radius 1 is 1.03 bits per heavy atom. The molecule has 150 valence electrons. The third kappa shape index (κ3) is 4.40. The summed E-state index contributed by atoms with van der Waals surface area (Å²) in [5, 5.41) is 0. The Kier molecular flexibility index (Phi) is 5.49. The smallest absolute Gasteiger partial charge is 0.253 e. The van der Waals surface area contributed by atoms with Crippen LogP contribution >= 0.6 is 0 Å². The molecule has 0 N–H and O–H groups in total. The quantitative estimate of drug-likeness (QED) is 0.648. The fourth-order valence-corrected chi connectivity index (χ4v) is 5.12. The molecular formula is C22H23N3O3S. The number of piperidine rings is 1. The van der Waals surface area contributed by atoms with E-state index in [2.05, 4.69) is 9.55 Å². The van der Waals surface area contributed by atoms with E-state index in [9.17, 15) is 13.2 Å². The van der Waals surface area contributed by atoms with Gasteiger partial charge in [0.15, 0.2) is 9.84 Å². The van der Waals surface area contributed by atoms with Crippen LogP contribution < -0.4 is 0 Å². The molecule has 0 spiro atoms. The molecule has 1 saturated heterocycles. The van der Waals surface area contributed by atoms with Gasteiger partial charge in [-0.2, -0.15) is 0 Å². The van der Waals surface area contributed by atoms with Crippen molar-refractivity contribution in [3.63, 3.8) is 0 Å².